The number of hydrogen-bond donors (Lipinski definition) is 1. The van der Waals surface area contributed by atoms with E-state index in [2.05, 4.69) is 46.0 Å². The van der Waals surface area contributed by atoms with Crippen LogP contribution in [0.4, 0.5) is 10.8 Å². The van der Waals surface area contributed by atoms with Gasteiger partial charge in [0.1, 0.15) is 0 Å². The molecule has 0 spiro atoms. The Morgan fingerprint density at radius 1 is 1.14 bits per heavy atom. The predicted molar refractivity (Wildman–Crippen MR) is 84.7 cm³/mol. The van der Waals surface area contributed by atoms with Crippen LogP contribution in [0.1, 0.15) is 16.1 Å². The lowest BCUT2D eigenvalue weighted by atomic mass is 10.2. The number of hydrogen-bond acceptors (Lipinski definition) is 5. The Morgan fingerprint density at radius 3 is 2.33 bits per heavy atom. The van der Waals surface area contributed by atoms with Crippen molar-refractivity contribution in [3.8, 4) is 0 Å². The number of benzene rings is 1. The summed E-state index contributed by atoms with van der Waals surface area (Å²) < 4.78 is 0. The maximum Gasteiger partial charge on any atom is 0.355 e. The van der Waals surface area contributed by atoms with Crippen LogP contribution >= 0.6 is 11.3 Å². The smallest absolute Gasteiger partial charge is 0.355 e. The Hall–Kier alpha value is -2.08. The zero-order valence-corrected chi connectivity index (χ0v) is 12.6. The number of carboxylic acids is 1. The molecule has 0 atom stereocenters. The number of aromatic carboxylic acids is 1. The first-order valence-electron chi connectivity index (χ1n) is 6.89. The molecule has 110 valence electrons. The van der Waals surface area contributed by atoms with E-state index in [1.54, 1.807) is 5.38 Å². The van der Waals surface area contributed by atoms with Crippen molar-refractivity contribution in [1.82, 2.24) is 4.98 Å². The lowest BCUT2D eigenvalue weighted by Gasteiger charge is -2.36. The van der Waals surface area contributed by atoms with Gasteiger partial charge in [0.15, 0.2) is 10.8 Å². The van der Waals surface area contributed by atoms with Crippen molar-refractivity contribution in [2.75, 3.05) is 36.0 Å². The van der Waals surface area contributed by atoms with E-state index in [0.29, 0.717) is 0 Å². The van der Waals surface area contributed by atoms with Gasteiger partial charge in [-0.25, -0.2) is 9.78 Å². The van der Waals surface area contributed by atoms with Crippen LogP contribution in [0.2, 0.25) is 0 Å². The molecule has 0 unspecified atom stereocenters. The summed E-state index contributed by atoms with van der Waals surface area (Å²) in [6.45, 7) is 5.65. The Morgan fingerprint density at radius 2 is 1.76 bits per heavy atom. The van der Waals surface area contributed by atoms with Crippen LogP contribution in [0.25, 0.3) is 0 Å². The van der Waals surface area contributed by atoms with Crippen molar-refractivity contribution in [2.45, 2.75) is 6.92 Å². The van der Waals surface area contributed by atoms with Crippen molar-refractivity contribution >= 4 is 28.1 Å². The first-order chi connectivity index (χ1) is 10.1. The SMILES string of the molecule is Cc1ccc(N2CCN(c3nc(C(=O)O)cs3)CC2)cc1. The molecule has 2 aromatic rings. The molecule has 2 heterocycles. The van der Waals surface area contributed by atoms with Gasteiger partial charge in [-0.3, -0.25) is 0 Å². The lowest BCUT2D eigenvalue weighted by molar-refractivity contribution is 0.0691. The van der Waals surface area contributed by atoms with Crippen molar-refractivity contribution in [2.24, 2.45) is 0 Å². The van der Waals surface area contributed by atoms with Crippen molar-refractivity contribution in [3.05, 3.63) is 40.9 Å². The quantitative estimate of drug-likeness (QED) is 0.944. The van der Waals surface area contributed by atoms with Gasteiger partial charge >= 0.3 is 5.97 Å². The van der Waals surface area contributed by atoms with Gasteiger partial charge in [-0.05, 0) is 19.1 Å². The maximum absolute atomic E-state index is 10.9. The number of carbonyl (C=O) groups is 1. The number of thiazole rings is 1. The highest BCUT2D eigenvalue weighted by Crippen LogP contribution is 2.24. The fraction of sp³-hybridized carbons (Fsp3) is 0.333. The van der Waals surface area contributed by atoms with Crippen LogP contribution in [0.15, 0.2) is 29.6 Å². The third kappa shape index (κ3) is 3.00. The van der Waals surface area contributed by atoms with E-state index in [9.17, 15) is 4.79 Å². The van der Waals surface area contributed by atoms with E-state index < -0.39 is 5.97 Å². The molecule has 1 aliphatic heterocycles. The molecular weight excluding hydrogens is 286 g/mol. The summed E-state index contributed by atoms with van der Waals surface area (Å²) in [7, 11) is 0. The topological polar surface area (TPSA) is 56.7 Å². The van der Waals surface area contributed by atoms with Gasteiger partial charge in [0, 0.05) is 37.2 Å². The molecule has 1 aromatic carbocycles. The fourth-order valence-electron chi connectivity index (χ4n) is 2.42. The first-order valence-corrected chi connectivity index (χ1v) is 7.77. The van der Waals surface area contributed by atoms with E-state index in [1.165, 1.54) is 22.6 Å². The van der Waals surface area contributed by atoms with Gasteiger partial charge in [-0.1, -0.05) is 17.7 Å². The van der Waals surface area contributed by atoms with Gasteiger partial charge in [-0.2, -0.15) is 0 Å². The number of aromatic nitrogens is 1. The van der Waals surface area contributed by atoms with E-state index in [1.807, 2.05) is 0 Å². The number of piperazine rings is 1. The minimum Gasteiger partial charge on any atom is -0.476 e. The molecule has 0 aliphatic carbocycles. The zero-order chi connectivity index (χ0) is 14.8. The van der Waals surface area contributed by atoms with Gasteiger partial charge in [-0.15, -0.1) is 11.3 Å². The number of anilines is 2. The second-order valence-corrected chi connectivity index (χ2v) is 5.97. The molecule has 1 aromatic heterocycles. The van der Waals surface area contributed by atoms with E-state index >= 15 is 0 Å². The van der Waals surface area contributed by atoms with Crippen LogP contribution in [-0.2, 0) is 0 Å². The molecule has 0 bridgehead atoms. The molecule has 1 saturated heterocycles. The molecule has 21 heavy (non-hydrogen) atoms. The summed E-state index contributed by atoms with van der Waals surface area (Å²) in [6, 6.07) is 8.55. The second kappa shape index (κ2) is 5.73. The molecule has 0 saturated carbocycles. The van der Waals surface area contributed by atoms with E-state index in [0.717, 1.165) is 31.3 Å². The highest BCUT2D eigenvalue weighted by Gasteiger charge is 2.20. The summed E-state index contributed by atoms with van der Waals surface area (Å²) in [5, 5.41) is 11.3. The molecule has 1 fully saturated rings. The minimum absolute atomic E-state index is 0.135. The van der Waals surface area contributed by atoms with Crippen LogP contribution in [-0.4, -0.2) is 42.2 Å². The Kier molecular flexibility index (Phi) is 3.79. The summed E-state index contributed by atoms with van der Waals surface area (Å²) >= 11 is 1.40. The predicted octanol–water partition coefficient (Wildman–Crippen LogP) is 2.48. The van der Waals surface area contributed by atoms with Crippen LogP contribution in [0.3, 0.4) is 0 Å². The minimum atomic E-state index is -0.962. The average Bonchev–Trinajstić information content (AvgIpc) is 2.98. The highest BCUT2D eigenvalue weighted by molar-refractivity contribution is 7.13. The molecule has 1 N–H and O–H groups in total. The van der Waals surface area contributed by atoms with Gasteiger partial charge in [0.2, 0.25) is 0 Å². The van der Waals surface area contributed by atoms with E-state index in [-0.39, 0.29) is 5.69 Å². The van der Waals surface area contributed by atoms with Crippen molar-refractivity contribution < 1.29 is 9.90 Å². The highest BCUT2D eigenvalue weighted by atomic mass is 32.1. The van der Waals surface area contributed by atoms with Crippen molar-refractivity contribution in [3.63, 3.8) is 0 Å². The molecule has 5 nitrogen and oxygen atoms in total. The number of carboxylic acid groups (broad SMARTS) is 1. The summed E-state index contributed by atoms with van der Waals surface area (Å²) in [6.07, 6.45) is 0. The number of aryl methyl sites for hydroxylation is 1. The third-order valence-electron chi connectivity index (χ3n) is 3.66. The van der Waals surface area contributed by atoms with Gasteiger partial charge in [0.25, 0.3) is 0 Å². The number of nitrogens with zero attached hydrogens (tertiary/aromatic N) is 3. The second-order valence-electron chi connectivity index (χ2n) is 5.13. The molecule has 0 radical (unpaired) electrons. The number of rotatable bonds is 3. The molecule has 3 rings (SSSR count). The molecule has 1 aliphatic rings. The largest absolute Gasteiger partial charge is 0.476 e. The Bertz CT molecular complexity index is 631. The lowest BCUT2D eigenvalue weighted by Crippen LogP contribution is -2.46. The molecular formula is C15H17N3O2S. The summed E-state index contributed by atoms with van der Waals surface area (Å²) in [4.78, 5) is 19.6. The van der Waals surface area contributed by atoms with Crippen LogP contribution < -0.4 is 9.80 Å². The van der Waals surface area contributed by atoms with Gasteiger partial charge in [0.05, 0.1) is 0 Å². The Balaban J connectivity index is 1.64. The first kappa shape index (κ1) is 13.9. The Labute approximate surface area is 127 Å². The van der Waals surface area contributed by atoms with Crippen LogP contribution in [0, 0.1) is 6.92 Å². The van der Waals surface area contributed by atoms with Crippen LogP contribution in [0.5, 0.6) is 0 Å². The van der Waals surface area contributed by atoms with Crippen molar-refractivity contribution in [1.29, 1.82) is 0 Å². The normalized spacial score (nSPS) is 15.3. The average molecular weight is 303 g/mol. The fourth-order valence-corrected chi connectivity index (χ4v) is 3.27. The zero-order valence-electron chi connectivity index (χ0n) is 11.8. The maximum atomic E-state index is 10.9. The summed E-state index contributed by atoms with van der Waals surface area (Å²) in [5.74, 6) is -0.962. The standard InChI is InChI=1S/C15H17N3O2S/c1-11-2-4-12(5-3-11)17-6-8-18(9-7-17)15-16-13(10-21-15)14(19)20/h2-5,10H,6-9H2,1H3,(H,19,20). The van der Waals surface area contributed by atoms with E-state index in [4.69, 9.17) is 5.11 Å². The third-order valence-corrected chi connectivity index (χ3v) is 4.56. The molecule has 6 heteroatoms. The molecule has 0 amide bonds. The summed E-state index contributed by atoms with van der Waals surface area (Å²) in [5.41, 5.74) is 2.64. The monoisotopic (exact) mass is 303 g/mol. The van der Waals surface area contributed by atoms with Gasteiger partial charge < -0.3 is 14.9 Å².